The molecule has 1 aliphatic heterocycles. The first-order valence-electron chi connectivity index (χ1n) is 11.1. The van der Waals surface area contributed by atoms with Gasteiger partial charge in [0, 0.05) is 32.8 Å². The Bertz CT molecular complexity index is 999. The fraction of sp³-hybridized carbons (Fsp3) is 0.400. The van der Waals surface area contributed by atoms with Gasteiger partial charge in [-0.1, -0.05) is 63.4 Å². The monoisotopic (exact) mass is 535 g/mol. The Balaban J connectivity index is 1.57. The second-order valence-electron chi connectivity index (χ2n) is 8.64. The van der Waals surface area contributed by atoms with E-state index >= 15 is 0 Å². The summed E-state index contributed by atoms with van der Waals surface area (Å²) in [5.74, 6) is 0.0227. The van der Waals surface area contributed by atoms with Crippen LogP contribution in [0.4, 0.5) is 0 Å². The normalized spacial score (nSPS) is 20.6. The lowest BCUT2D eigenvalue weighted by Crippen LogP contribution is -2.48. The van der Waals surface area contributed by atoms with Gasteiger partial charge < -0.3 is 16.0 Å². The molecular weight excluding hydrogens is 509 g/mol. The number of carbonyl (C=O) groups excluding carboxylic acids is 1. The molecule has 2 aliphatic rings. The smallest absolute Gasteiger partial charge is 0.231 e. The molecule has 4 rings (SSSR count). The molecule has 170 valence electrons. The number of carbonyl (C=O) groups is 1. The van der Waals surface area contributed by atoms with Crippen molar-refractivity contribution in [1.82, 2.24) is 16.0 Å². The van der Waals surface area contributed by atoms with E-state index in [4.69, 9.17) is 23.2 Å². The molecule has 0 unspecified atom stereocenters. The van der Waals surface area contributed by atoms with Crippen molar-refractivity contribution in [1.29, 1.82) is 0 Å². The zero-order valence-corrected chi connectivity index (χ0v) is 21.2. The maximum Gasteiger partial charge on any atom is 0.231 e. The molecule has 1 aliphatic carbocycles. The van der Waals surface area contributed by atoms with Crippen LogP contribution in [0.5, 0.6) is 0 Å². The van der Waals surface area contributed by atoms with Crippen LogP contribution in [0.15, 0.2) is 58.7 Å². The number of rotatable bonds is 8. The van der Waals surface area contributed by atoms with E-state index in [1.54, 1.807) is 12.1 Å². The number of amides is 1. The third kappa shape index (κ3) is 5.33. The SMILES string of the molecule is C/C=C(/N[C@@H]1CCNC1)[C@H](Cc1ccc(Br)cc1)NC(=O)C1(c2ccc(Cl)cc2Cl)CC1. The summed E-state index contributed by atoms with van der Waals surface area (Å²) in [5, 5.41) is 11.5. The van der Waals surface area contributed by atoms with Crippen molar-refractivity contribution in [3.63, 3.8) is 0 Å². The van der Waals surface area contributed by atoms with Crippen LogP contribution in [-0.4, -0.2) is 31.1 Å². The largest absolute Gasteiger partial charge is 0.383 e. The minimum absolute atomic E-state index is 0.0227. The average molecular weight is 537 g/mol. The van der Waals surface area contributed by atoms with Gasteiger partial charge in [0.05, 0.1) is 11.5 Å². The molecule has 1 saturated carbocycles. The minimum Gasteiger partial charge on any atom is -0.383 e. The Morgan fingerprint density at radius 1 is 1.25 bits per heavy atom. The van der Waals surface area contributed by atoms with Gasteiger partial charge >= 0.3 is 0 Å². The Hall–Kier alpha value is -1.53. The van der Waals surface area contributed by atoms with Gasteiger partial charge in [-0.3, -0.25) is 4.79 Å². The molecule has 2 fully saturated rings. The van der Waals surface area contributed by atoms with Gasteiger partial charge in [-0.2, -0.15) is 0 Å². The zero-order chi connectivity index (χ0) is 22.7. The highest BCUT2D eigenvalue weighted by Gasteiger charge is 2.52. The molecule has 2 atom stereocenters. The molecular formula is C25H28BrCl2N3O. The Morgan fingerprint density at radius 3 is 2.59 bits per heavy atom. The van der Waals surface area contributed by atoms with Crippen molar-refractivity contribution in [3.8, 4) is 0 Å². The van der Waals surface area contributed by atoms with Crippen LogP contribution in [0.2, 0.25) is 10.0 Å². The molecule has 1 amide bonds. The molecule has 1 heterocycles. The van der Waals surface area contributed by atoms with Crippen LogP contribution >= 0.6 is 39.1 Å². The number of allylic oxidation sites excluding steroid dienone is 1. The highest BCUT2D eigenvalue weighted by molar-refractivity contribution is 9.10. The quantitative estimate of drug-likeness (QED) is 0.425. The van der Waals surface area contributed by atoms with E-state index in [-0.39, 0.29) is 11.9 Å². The van der Waals surface area contributed by atoms with E-state index in [9.17, 15) is 4.79 Å². The average Bonchev–Trinajstić information content (AvgIpc) is 3.41. The lowest BCUT2D eigenvalue weighted by atomic mass is 9.93. The summed E-state index contributed by atoms with van der Waals surface area (Å²) in [4.78, 5) is 13.6. The van der Waals surface area contributed by atoms with Crippen molar-refractivity contribution >= 4 is 45.0 Å². The zero-order valence-electron chi connectivity index (χ0n) is 18.1. The summed E-state index contributed by atoms with van der Waals surface area (Å²) in [6.07, 6.45) is 5.43. The molecule has 2 aromatic carbocycles. The first-order chi connectivity index (χ1) is 15.4. The van der Waals surface area contributed by atoms with Crippen LogP contribution in [0.1, 0.15) is 37.3 Å². The van der Waals surface area contributed by atoms with Gasteiger partial charge in [0.1, 0.15) is 0 Å². The molecule has 7 heteroatoms. The topological polar surface area (TPSA) is 53.2 Å². The summed E-state index contributed by atoms with van der Waals surface area (Å²) in [7, 11) is 0. The van der Waals surface area contributed by atoms with Crippen LogP contribution in [-0.2, 0) is 16.6 Å². The third-order valence-corrected chi connectivity index (χ3v) is 7.48. The summed E-state index contributed by atoms with van der Waals surface area (Å²) in [6.45, 7) is 3.96. The Kier molecular flexibility index (Phi) is 7.51. The van der Waals surface area contributed by atoms with Gasteiger partial charge in [0.25, 0.3) is 0 Å². The lowest BCUT2D eigenvalue weighted by molar-refractivity contribution is -0.124. The molecule has 1 saturated heterocycles. The van der Waals surface area contributed by atoms with E-state index in [0.29, 0.717) is 22.5 Å². The van der Waals surface area contributed by atoms with Crippen molar-refractivity contribution in [2.24, 2.45) is 0 Å². The van der Waals surface area contributed by atoms with Crippen molar-refractivity contribution in [2.75, 3.05) is 13.1 Å². The molecule has 0 bridgehead atoms. The first-order valence-corrected chi connectivity index (χ1v) is 12.6. The van der Waals surface area contributed by atoms with Gasteiger partial charge in [0.2, 0.25) is 5.91 Å². The van der Waals surface area contributed by atoms with Crippen molar-refractivity contribution in [2.45, 2.75) is 50.1 Å². The number of nitrogens with one attached hydrogen (secondary N) is 3. The number of hydrogen-bond donors (Lipinski definition) is 3. The number of hydrogen-bond acceptors (Lipinski definition) is 3. The predicted octanol–water partition coefficient (Wildman–Crippen LogP) is 5.37. The molecule has 0 aromatic heterocycles. The van der Waals surface area contributed by atoms with Gasteiger partial charge in [0.15, 0.2) is 0 Å². The highest BCUT2D eigenvalue weighted by Crippen LogP contribution is 2.51. The van der Waals surface area contributed by atoms with E-state index < -0.39 is 5.41 Å². The lowest BCUT2D eigenvalue weighted by Gasteiger charge is -2.28. The minimum atomic E-state index is -0.576. The Morgan fingerprint density at radius 2 is 2.00 bits per heavy atom. The summed E-state index contributed by atoms with van der Waals surface area (Å²) >= 11 is 16.1. The molecule has 3 N–H and O–H groups in total. The first kappa shape index (κ1) is 23.6. The fourth-order valence-corrected chi connectivity index (χ4v) is 5.26. The summed E-state index contributed by atoms with van der Waals surface area (Å²) in [5.41, 5.74) is 2.50. The Labute approximate surface area is 208 Å². The maximum absolute atomic E-state index is 13.6. The second kappa shape index (κ2) is 10.2. The van der Waals surface area contributed by atoms with Crippen LogP contribution < -0.4 is 16.0 Å². The molecule has 0 spiro atoms. The van der Waals surface area contributed by atoms with E-state index in [2.05, 4.69) is 50.1 Å². The second-order valence-corrected chi connectivity index (χ2v) is 10.4. The van der Waals surface area contributed by atoms with Crippen LogP contribution in [0.25, 0.3) is 0 Å². The fourth-order valence-electron chi connectivity index (χ4n) is 4.41. The van der Waals surface area contributed by atoms with Crippen LogP contribution in [0.3, 0.4) is 0 Å². The third-order valence-electron chi connectivity index (χ3n) is 6.41. The standard InChI is InChI=1S/C25H28BrCl2N3O/c1-2-22(30-19-9-12-29-15-19)23(13-16-3-5-17(26)6-4-16)31-24(32)25(10-11-25)20-8-7-18(27)14-21(20)28/h2-8,14,19,23,29-30H,9-13,15H2,1H3,(H,31,32)/b22-2+/t19-,23+/m1/s1. The predicted molar refractivity (Wildman–Crippen MR) is 135 cm³/mol. The van der Waals surface area contributed by atoms with Crippen LogP contribution in [0, 0.1) is 0 Å². The van der Waals surface area contributed by atoms with Gasteiger partial charge in [-0.15, -0.1) is 0 Å². The van der Waals surface area contributed by atoms with Gasteiger partial charge in [-0.05, 0) is 74.5 Å². The van der Waals surface area contributed by atoms with E-state index in [1.165, 1.54) is 5.56 Å². The summed E-state index contributed by atoms with van der Waals surface area (Å²) < 4.78 is 1.04. The highest BCUT2D eigenvalue weighted by atomic mass is 79.9. The number of halogens is 3. The molecule has 0 radical (unpaired) electrons. The molecule has 2 aromatic rings. The van der Waals surface area contributed by atoms with Crippen molar-refractivity contribution < 1.29 is 4.79 Å². The van der Waals surface area contributed by atoms with E-state index in [0.717, 1.165) is 48.1 Å². The summed E-state index contributed by atoms with van der Waals surface area (Å²) in [6, 6.07) is 13.9. The van der Waals surface area contributed by atoms with E-state index in [1.807, 2.05) is 25.1 Å². The number of benzene rings is 2. The maximum atomic E-state index is 13.6. The molecule has 32 heavy (non-hydrogen) atoms. The van der Waals surface area contributed by atoms with Gasteiger partial charge in [-0.25, -0.2) is 0 Å². The molecule has 4 nitrogen and oxygen atoms in total. The van der Waals surface area contributed by atoms with Crippen molar-refractivity contribution in [3.05, 3.63) is 79.9 Å².